The van der Waals surface area contributed by atoms with Crippen molar-refractivity contribution < 1.29 is 28.9 Å². The summed E-state index contributed by atoms with van der Waals surface area (Å²) >= 11 is 0. The summed E-state index contributed by atoms with van der Waals surface area (Å²) in [4.78, 5) is 8.80. The second-order valence-electron chi connectivity index (χ2n) is 3.22. The molecule has 6 nitrogen and oxygen atoms in total. The Bertz CT molecular complexity index is 242. The maximum atomic E-state index is 10.7. The van der Waals surface area contributed by atoms with E-state index in [-0.39, 0.29) is 6.61 Å². The Kier molecular flexibility index (Phi) is 3.74. The Balaban J connectivity index is 2.44. The molecule has 1 rings (SSSR count). The van der Waals surface area contributed by atoms with Gasteiger partial charge in [-0.2, -0.15) is 0 Å². The molecule has 1 aliphatic heterocycles. The van der Waals surface area contributed by atoms with E-state index in [0.717, 1.165) is 6.66 Å². The number of aliphatic hydroxyl groups excluding tert-OH is 2. The van der Waals surface area contributed by atoms with Crippen LogP contribution in [0.1, 0.15) is 0 Å². The quantitative estimate of drug-likeness (QED) is 0.394. The number of ether oxygens (including phenoxy) is 1. The molecular formula is C6H12BO6P. The molecule has 5 unspecified atom stereocenters. The summed E-state index contributed by atoms with van der Waals surface area (Å²) < 4.78 is 20.2. The highest BCUT2D eigenvalue weighted by Crippen LogP contribution is 2.37. The number of aliphatic hydroxyl groups is 2. The van der Waals surface area contributed by atoms with Crippen LogP contribution in [0.5, 0.6) is 0 Å². The maximum Gasteiger partial charge on any atom is 0.325 e. The van der Waals surface area contributed by atoms with Crippen molar-refractivity contribution in [3.05, 3.63) is 0 Å². The number of rotatable bonds is 3. The molecule has 2 radical (unpaired) electrons. The van der Waals surface area contributed by atoms with Crippen LogP contribution in [0.2, 0.25) is 0 Å². The fourth-order valence-corrected chi connectivity index (χ4v) is 1.55. The molecule has 1 heterocycles. The van der Waals surface area contributed by atoms with Gasteiger partial charge in [0.15, 0.2) is 0 Å². The highest BCUT2D eigenvalue weighted by atomic mass is 31.2. The highest BCUT2D eigenvalue weighted by Gasteiger charge is 2.40. The molecular weight excluding hydrogens is 210 g/mol. The average molecular weight is 222 g/mol. The van der Waals surface area contributed by atoms with E-state index in [4.69, 9.17) is 17.5 Å². The molecule has 8 heteroatoms. The van der Waals surface area contributed by atoms with Crippen molar-refractivity contribution in [3.63, 3.8) is 0 Å². The first-order valence-electron chi connectivity index (χ1n) is 4.03. The zero-order chi connectivity index (χ0) is 10.9. The Morgan fingerprint density at radius 3 is 2.43 bits per heavy atom. The SMILES string of the molecule is [B]C1OC(COP(C)(=O)O)C(O)C1O. The Morgan fingerprint density at radius 1 is 1.50 bits per heavy atom. The first-order chi connectivity index (χ1) is 6.31. The van der Waals surface area contributed by atoms with Gasteiger partial charge in [-0.05, 0) is 0 Å². The lowest BCUT2D eigenvalue weighted by molar-refractivity contribution is -0.00440. The van der Waals surface area contributed by atoms with Gasteiger partial charge in [0, 0.05) is 12.7 Å². The normalized spacial score (nSPS) is 42.3. The van der Waals surface area contributed by atoms with Gasteiger partial charge in [-0.3, -0.25) is 4.57 Å². The topological polar surface area (TPSA) is 96.2 Å². The molecule has 0 aromatic carbocycles. The molecule has 0 aliphatic carbocycles. The van der Waals surface area contributed by atoms with Crippen molar-refractivity contribution in [2.75, 3.05) is 13.3 Å². The molecule has 1 aliphatic rings. The molecule has 0 spiro atoms. The van der Waals surface area contributed by atoms with Crippen molar-refractivity contribution in [1.82, 2.24) is 0 Å². The summed E-state index contributed by atoms with van der Waals surface area (Å²) in [5, 5.41) is 18.5. The fourth-order valence-electron chi connectivity index (χ4n) is 1.13. The zero-order valence-electron chi connectivity index (χ0n) is 7.61. The van der Waals surface area contributed by atoms with E-state index in [1.807, 2.05) is 0 Å². The molecule has 0 bridgehead atoms. The van der Waals surface area contributed by atoms with Gasteiger partial charge in [0.1, 0.15) is 20.1 Å². The second kappa shape index (κ2) is 4.30. The molecule has 0 amide bonds. The van der Waals surface area contributed by atoms with E-state index in [9.17, 15) is 14.8 Å². The third kappa shape index (κ3) is 3.05. The molecule has 0 aromatic heterocycles. The monoisotopic (exact) mass is 222 g/mol. The van der Waals surface area contributed by atoms with E-state index in [1.165, 1.54) is 0 Å². The summed E-state index contributed by atoms with van der Waals surface area (Å²) in [6.07, 6.45) is -3.27. The molecule has 5 atom stereocenters. The summed E-state index contributed by atoms with van der Waals surface area (Å²) in [6, 6.07) is -0.992. The molecule has 80 valence electrons. The van der Waals surface area contributed by atoms with Gasteiger partial charge in [0.25, 0.3) is 0 Å². The standard InChI is InChI=1S/C6H12BO6P/c1-14(10,11)12-2-3-4(8)5(9)6(7)13-3/h3-6,8-9H,2H2,1H3,(H,10,11). The Labute approximate surface area is 82.8 Å². The van der Waals surface area contributed by atoms with Gasteiger partial charge in [-0.1, -0.05) is 0 Å². The van der Waals surface area contributed by atoms with Crippen LogP contribution in [0.15, 0.2) is 0 Å². The average Bonchev–Trinajstić information content (AvgIpc) is 2.28. The van der Waals surface area contributed by atoms with E-state index < -0.39 is 31.9 Å². The van der Waals surface area contributed by atoms with Gasteiger partial charge >= 0.3 is 7.60 Å². The van der Waals surface area contributed by atoms with Crippen molar-refractivity contribution >= 4 is 15.4 Å². The lowest BCUT2D eigenvalue weighted by Gasteiger charge is -2.15. The van der Waals surface area contributed by atoms with Crippen LogP contribution in [0.25, 0.3) is 0 Å². The predicted octanol–water partition coefficient (Wildman–Crippen LogP) is -1.57. The van der Waals surface area contributed by atoms with Crippen LogP contribution >= 0.6 is 7.60 Å². The maximum absolute atomic E-state index is 10.7. The fraction of sp³-hybridized carbons (Fsp3) is 1.00. The van der Waals surface area contributed by atoms with Gasteiger partial charge in [-0.25, -0.2) is 0 Å². The molecule has 0 aromatic rings. The highest BCUT2D eigenvalue weighted by molar-refractivity contribution is 7.51. The van der Waals surface area contributed by atoms with Crippen molar-refractivity contribution in [3.8, 4) is 0 Å². The molecule has 14 heavy (non-hydrogen) atoms. The van der Waals surface area contributed by atoms with Crippen LogP contribution in [0.4, 0.5) is 0 Å². The first kappa shape index (κ1) is 12.2. The minimum absolute atomic E-state index is 0.282. The molecule has 1 saturated heterocycles. The van der Waals surface area contributed by atoms with Crippen LogP contribution in [-0.4, -0.2) is 60.5 Å². The number of hydrogen-bond acceptors (Lipinski definition) is 5. The summed E-state index contributed by atoms with van der Waals surface area (Å²) in [7, 11) is 1.68. The Morgan fingerprint density at radius 2 is 2.07 bits per heavy atom. The molecule has 0 saturated carbocycles. The van der Waals surface area contributed by atoms with Crippen molar-refractivity contribution in [2.24, 2.45) is 0 Å². The van der Waals surface area contributed by atoms with Crippen LogP contribution < -0.4 is 0 Å². The first-order valence-corrected chi connectivity index (χ1v) is 6.06. The van der Waals surface area contributed by atoms with Gasteiger partial charge in [0.2, 0.25) is 0 Å². The van der Waals surface area contributed by atoms with E-state index in [1.54, 1.807) is 0 Å². The predicted molar refractivity (Wildman–Crippen MR) is 48.1 cm³/mol. The van der Waals surface area contributed by atoms with Gasteiger partial charge < -0.3 is 24.4 Å². The van der Waals surface area contributed by atoms with Crippen LogP contribution in [-0.2, 0) is 13.8 Å². The largest absolute Gasteiger partial charge is 0.388 e. The zero-order valence-corrected chi connectivity index (χ0v) is 8.50. The Hall–Kier alpha value is 0.0949. The van der Waals surface area contributed by atoms with Crippen molar-refractivity contribution in [2.45, 2.75) is 24.3 Å². The van der Waals surface area contributed by atoms with Crippen molar-refractivity contribution in [1.29, 1.82) is 0 Å². The van der Waals surface area contributed by atoms with Gasteiger partial charge in [-0.15, -0.1) is 0 Å². The summed E-state index contributed by atoms with van der Waals surface area (Å²) in [6.45, 7) is 0.737. The third-order valence-corrected chi connectivity index (χ3v) is 2.51. The van der Waals surface area contributed by atoms with Crippen LogP contribution in [0.3, 0.4) is 0 Å². The van der Waals surface area contributed by atoms with Crippen LogP contribution in [0, 0.1) is 0 Å². The lowest BCUT2D eigenvalue weighted by Crippen LogP contribution is -2.34. The number of hydrogen-bond donors (Lipinski definition) is 3. The van der Waals surface area contributed by atoms with E-state index in [2.05, 4.69) is 4.52 Å². The second-order valence-corrected chi connectivity index (χ2v) is 5.08. The van der Waals surface area contributed by atoms with Gasteiger partial charge in [0.05, 0.1) is 12.7 Å². The third-order valence-electron chi connectivity index (χ3n) is 1.88. The minimum atomic E-state index is -3.60. The molecule has 3 N–H and O–H groups in total. The summed E-state index contributed by atoms with van der Waals surface area (Å²) in [5.74, 6) is 0. The molecule has 1 fully saturated rings. The minimum Gasteiger partial charge on any atom is -0.388 e. The lowest BCUT2D eigenvalue weighted by atomic mass is 9.93. The van der Waals surface area contributed by atoms with E-state index >= 15 is 0 Å². The smallest absolute Gasteiger partial charge is 0.325 e. The summed E-state index contributed by atoms with van der Waals surface area (Å²) in [5.41, 5.74) is 0. The van der Waals surface area contributed by atoms with E-state index in [0.29, 0.717) is 0 Å².